The third kappa shape index (κ3) is 4.66. The topological polar surface area (TPSA) is 42.4 Å². The van der Waals surface area contributed by atoms with Crippen molar-refractivity contribution in [3.63, 3.8) is 0 Å². The third-order valence-corrected chi connectivity index (χ3v) is 11.3. The lowest BCUT2D eigenvalue weighted by Gasteiger charge is -2.28. The third-order valence-electron chi connectivity index (χ3n) is 11.3. The van der Waals surface area contributed by atoms with Gasteiger partial charge in [0.1, 0.15) is 16.7 Å². The fourth-order valence-corrected chi connectivity index (χ4v) is 8.58. The molecule has 4 nitrogen and oxygen atoms in total. The minimum Gasteiger partial charge on any atom is -0.456 e. The first-order chi connectivity index (χ1) is 26.5. The maximum absolute atomic E-state index is 6.48. The standard InChI is InChI=1S/C50H34N2O2/c1-50(2)42-15-7-6-13-38(42)39-25-23-37(30-43(39)50)52(35-22-21-33-27-32(19-20-34(33)28-35)31-11-4-3-5-12-31)36-24-26-45-41(29-36)48-40(14-10-18-47(48)53-45)49-51-44-16-8-9-17-46(44)54-49/h3-30H,1-2H3. The summed E-state index contributed by atoms with van der Waals surface area (Å²) in [6.45, 7) is 4.67. The summed E-state index contributed by atoms with van der Waals surface area (Å²) in [5, 5.41) is 4.37. The highest BCUT2D eigenvalue weighted by Gasteiger charge is 2.35. The number of anilines is 3. The number of hydrogen-bond donors (Lipinski definition) is 0. The van der Waals surface area contributed by atoms with E-state index < -0.39 is 0 Å². The van der Waals surface area contributed by atoms with Crippen LogP contribution in [0.5, 0.6) is 0 Å². The van der Waals surface area contributed by atoms with Crippen LogP contribution in [0.3, 0.4) is 0 Å². The largest absolute Gasteiger partial charge is 0.456 e. The Morgan fingerprint density at radius 2 is 1.15 bits per heavy atom. The predicted molar refractivity (Wildman–Crippen MR) is 222 cm³/mol. The number of aromatic nitrogens is 1. The van der Waals surface area contributed by atoms with Crippen LogP contribution in [0.25, 0.3) is 77.5 Å². The van der Waals surface area contributed by atoms with E-state index in [-0.39, 0.29) is 5.41 Å². The van der Waals surface area contributed by atoms with Crippen LogP contribution in [0.1, 0.15) is 25.0 Å². The fraction of sp³-hybridized carbons (Fsp3) is 0.0600. The van der Waals surface area contributed by atoms with E-state index in [9.17, 15) is 0 Å². The zero-order valence-corrected chi connectivity index (χ0v) is 29.9. The van der Waals surface area contributed by atoms with Gasteiger partial charge in [0, 0.05) is 38.8 Å². The van der Waals surface area contributed by atoms with E-state index in [0.717, 1.165) is 55.7 Å². The van der Waals surface area contributed by atoms with E-state index in [1.54, 1.807) is 0 Å². The number of furan rings is 1. The molecule has 0 bridgehead atoms. The second-order valence-electron chi connectivity index (χ2n) is 14.8. The van der Waals surface area contributed by atoms with Crippen LogP contribution in [0.2, 0.25) is 0 Å². The van der Waals surface area contributed by atoms with Crippen molar-refractivity contribution in [3.8, 4) is 33.7 Å². The first-order valence-electron chi connectivity index (χ1n) is 18.4. The molecule has 4 heteroatoms. The minimum atomic E-state index is -0.135. The number of oxazole rings is 1. The highest BCUT2D eigenvalue weighted by molar-refractivity contribution is 6.13. The molecule has 256 valence electrons. The molecule has 0 atom stereocenters. The Hall–Kier alpha value is -6.91. The van der Waals surface area contributed by atoms with Gasteiger partial charge < -0.3 is 13.7 Å². The van der Waals surface area contributed by atoms with Gasteiger partial charge in [-0.1, -0.05) is 111 Å². The molecule has 0 unspecified atom stereocenters. The molecule has 8 aromatic carbocycles. The van der Waals surface area contributed by atoms with Crippen LogP contribution in [-0.2, 0) is 5.41 Å². The fourth-order valence-electron chi connectivity index (χ4n) is 8.58. The monoisotopic (exact) mass is 694 g/mol. The summed E-state index contributed by atoms with van der Waals surface area (Å²) in [5.74, 6) is 0.580. The number of nitrogens with zero attached hydrogens (tertiary/aromatic N) is 2. The summed E-state index contributed by atoms with van der Waals surface area (Å²) in [7, 11) is 0. The molecule has 2 aromatic heterocycles. The summed E-state index contributed by atoms with van der Waals surface area (Å²) in [6, 6.07) is 60.4. The minimum absolute atomic E-state index is 0.135. The molecule has 1 aliphatic rings. The summed E-state index contributed by atoms with van der Waals surface area (Å²) in [5.41, 5.74) is 14.9. The molecule has 0 radical (unpaired) electrons. The van der Waals surface area contributed by atoms with Crippen LogP contribution in [0, 0.1) is 0 Å². The Kier molecular flexibility index (Phi) is 6.56. The first-order valence-corrected chi connectivity index (χ1v) is 18.4. The average Bonchev–Trinajstić information content (AvgIpc) is 3.88. The van der Waals surface area contributed by atoms with E-state index in [1.807, 2.05) is 36.4 Å². The van der Waals surface area contributed by atoms with E-state index >= 15 is 0 Å². The lowest BCUT2D eigenvalue weighted by atomic mass is 9.82. The summed E-state index contributed by atoms with van der Waals surface area (Å²) in [6.07, 6.45) is 0. The lowest BCUT2D eigenvalue weighted by Crippen LogP contribution is -2.16. The number of rotatable bonds is 5. The van der Waals surface area contributed by atoms with Crippen LogP contribution < -0.4 is 4.90 Å². The summed E-state index contributed by atoms with van der Waals surface area (Å²) in [4.78, 5) is 7.25. The molecule has 0 aliphatic heterocycles. The molecule has 0 saturated heterocycles. The van der Waals surface area contributed by atoms with Gasteiger partial charge in [0.25, 0.3) is 0 Å². The lowest BCUT2D eigenvalue weighted by molar-refractivity contribution is 0.620. The van der Waals surface area contributed by atoms with Gasteiger partial charge in [0.15, 0.2) is 5.58 Å². The Morgan fingerprint density at radius 3 is 2.06 bits per heavy atom. The van der Waals surface area contributed by atoms with E-state index in [4.69, 9.17) is 13.8 Å². The summed E-state index contributed by atoms with van der Waals surface area (Å²) >= 11 is 0. The van der Waals surface area contributed by atoms with Gasteiger partial charge in [0.05, 0.1) is 0 Å². The van der Waals surface area contributed by atoms with E-state index in [0.29, 0.717) is 5.89 Å². The molecule has 0 spiro atoms. The predicted octanol–water partition coefficient (Wildman–Crippen LogP) is 14.0. The van der Waals surface area contributed by atoms with E-state index in [2.05, 4.69) is 152 Å². The number of fused-ring (bicyclic) bond motifs is 8. The van der Waals surface area contributed by atoms with Crippen molar-refractivity contribution in [1.82, 2.24) is 4.98 Å². The van der Waals surface area contributed by atoms with Crippen molar-refractivity contribution in [2.24, 2.45) is 0 Å². The molecule has 1 aliphatic carbocycles. The van der Waals surface area contributed by atoms with Crippen LogP contribution >= 0.6 is 0 Å². The second-order valence-corrected chi connectivity index (χ2v) is 14.8. The zero-order chi connectivity index (χ0) is 36.0. The van der Waals surface area contributed by atoms with Gasteiger partial charge >= 0.3 is 0 Å². The maximum Gasteiger partial charge on any atom is 0.228 e. The van der Waals surface area contributed by atoms with Crippen molar-refractivity contribution in [1.29, 1.82) is 0 Å². The zero-order valence-electron chi connectivity index (χ0n) is 29.9. The molecule has 54 heavy (non-hydrogen) atoms. The van der Waals surface area contributed by atoms with Gasteiger partial charge in [0.2, 0.25) is 5.89 Å². The van der Waals surface area contributed by atoms with Crippen LogP contribution in [0.4, 0.5) is 17.1 Å². The first kappa shape index (κ1) is 30.7. The number of para-hydroxylation sites is 2. The number of hydrogen-bond acceptors (Lipinski definition) is 4. The van der Waals surface area contributed by atoms with Gasteiger partial charge in [-0.3, -0.25) is 0 Å². The second kappa shape index (κ2) is 11.5. The van der Waals surface area contributed by atoms with Gasteiger partial charge in [-0.15, -0.1) is 0 Å². The SMILES string of the molecule is CC1(C)c2ccccc2-c2ccc(N(c3ccc4cc(-c5ccccc5)ccc4c3)c3ccc4oc5cccc(-c6nc7ccccc7o6)c5c4c3)cc21. The Balaban J connectivity index is 1.11. The van der Waals surface area contributed by atoms with Crippen LogP contribution in [0.15, 0.2) is 179 Å². The molecule has 11 rings (SSSR count). The molecule has 2 heterocycles. The smallest absolute Gasteiger partial charge is 0.228 e. The Morgan fingerprint density at radius 1 is 0.463 bits per heavy atom. The maximum atomic E-state index is 6.48. The summed E-state index contributed by atoms with van der Waals surface area (Å²) < 4.78 is 12.8. The van der Waals surface area contributed by atoms with Crippen molar-refractivity contribution in [3.05, 3.63) is 181 Å². The van der Waals surface area contributed by atoms with Crippen molar-refractivity contribution in [2.75, 3.05) is 4.90 Å². The van der Waals surface area contributed by atoms with Crippen molar-refractivity contribution < 1.29 is 8.83 Å². The van der Waals surface area contributed by atoms with Crippen LogP contribution in [-0.4, -0.2) is 4.98 Å². The molecule has 10 aromatic rings. The average molecular weight is 695 g/mol. The van der Waals surface area contributed by atoms with Gasteiger partial charge in [-0.05, 0) is 117 Å². The van der Waals surface area contributed by atoms with Gasteiger partial charge in [-0.25, -0.2) is 4.98 Å². The van der Waals surface area contributed by atoms with Crippen molar-refractivity contribution >= 4 is 60.9 Å². The van der Waals surface area contributed by atoms with E-state index in [1.165, 1.54) is 44.2 Å². The normalized spacial score (nSPS) is 13.1. The van der Waals surface area contributed by atoms with Gasteiger partial charge in [-0.2, -0.15) is 0 Å². The quantitative estimate of drug-likeness (QED) is 0.180. The number of benzene rings is 8. The highest BCUT2D eigenvalue weighted by Crippen LogP contribution is 2.51. The van der Waals surface area contributed by atoms with Crippen molar-refractivity contribution in [2.45, 2.75) is 19.3 Å². The molecule has 0 fully saturated rings. The molecular formula is C50H34N2O2. The molecule has 0 N–H and O–H groups in total. The highest BCUT2D eigenvalue weighted by atomic mass is 16.3. The Labute approximate surface area is 312 Å². The molecule has 0 saturated carbocycles. The molecule has 0 amide bonds. The Bertz CT molecular complexity index is 3060. The molecular weight excluding hydrogens is 661 g/mol.